The molecule has 4 fully saturated rings. The van der Waals surface area contributed by atoms with Crippen LogP contribution in [0.2, 0.25) is 0 Å². The summed E-state index contributed by atoms with van der Waals surface area (Å²) in [5.74, 6) is -0.741. The monoisotopic (exact) mass is 1340 g/mol. The maximum atomic E-state index is 14.7. The fourth-order valence-electron chi connectivity index (χ4n) is 14.4. The van der Waals surface area contributed by atoms with Crippen LogP contribution in [0.5, 0.6) is 0 Å². The summed E-state index contributed by atoms with van der Waals surface area (Å²) in [4.78, 5) is 81.8. The second-order valence-electron chi connectivity index (χ2n) is 35.6. The Morgan fingerprint density at radius 2 is 0.670 bits per heavy atom. The summed E-state index contributed by atoms with van der Waals surface area (Å²) in [5.41, 5.74) is 16.5. The fourth-order valence-corrected chi connectivity index (χ4v) is 14.4. The van der Waals surface area contributed by atoms with Crippen LogP contribution >= 0.6 is 0 Å². The van der Waals surface area contributed by atoms with Crippen molar-refractivity contribution >= 4 is 86.9 Å². The zero-order chi connectivity index (χ0) is 69.1. The Morgan fingerprint density at radius 3 is 0.979 bits per heavy atom. The molecule has 97 heavy (non-hydrogen) atoms. The van der Waals surface area contributed by atoms with Crippen LogP contribution in [-0.2, 0) is 64.0 Å². The number of nitrogens with zero attached hydrogens (tertiary/aromatic N) is 4. The maximum absolute atomic E-state index is 14.7. The summed E-state index contributed by atoms with van der Waals surface area (Å²) in [7, 11) is 0. The molecular weight excluding hydrogens is 1240 g/mol. The Kier molecular flexibility index (Phi) is 16.8. The number of fused-ring (bicyclic) bond motifs is 8. The average Bonchev–Trinajstić information content (AvgIpc) is 1.66. The predicted octanol–water partition coefficient (Wildman–Crippen LogP) is 19.9. The molecule has 4 atom stereocenters. The molecule has 6 aliphatic rings. The first-order valence-electron chi connectivity index (χ1n) is 34.8. The largest absolute Gasteiger partial charge is 2.00 e. The van der Waals surface area contributed by atoms with Crippen molar-refractivity contribution in [1.29, 1.82) is 0 Å². The smallest absolute Gasteiger partial charge is 0.657 e. The van der Waals surface area contributed by atoms with Gasteiger partial charge in [-0.05, 0) is 173 Å². The summed E-state index contributed by atoms with van der Waals surface area (Å²) in [6, 6.07) is 33.7. The molecule has 11 nitrogen and oxygen atoms in total. The number of Topliss-reactive ketones (excluding diaryl/α,β-unsaturated/α-hetero) is 1. The van der Waals surface area contributed by atoms with Gasteiger partial charge < -0.3 is 25.9 Å². The molecule has 2 aliphatic heterocycles. The van der Waals surface area contributed by atoms with E-state index in [1.54, 1.807) is 0 Å². The molecule has 4 saturated carbocycles. The first-order chi connectivity index (χ1) is 44.7. The Hall–Kier alpha value is -7.93. The van der Waals surface area contributed by atoms with Crippen LogP contribution in [0.25, 0.3) is 90.9 Å². The summed E-state index contributed by atoms with van der Waals surface area (Å²) < 4.78 is 0. The molecule has 3 aromatic heterocycles. The third-order valence-electron chi connectivity index (χ3n) is 21.8. The van der Waals surface area contributed by atoms with Gasteiger partial charge in [-0.1, -0.05) is 217 Å². The van der Waals surface area contributed by atoms with Gasteiger partial charge in [-0.25, -0.2) is 9.97 Å². The second-order valence-corrected chi connectivity index (χ2v) is 35.6. The number of carbonyl (C=O) groups excluding carboxylic acids is 4. The Labute approximate surface area is 585 Å². The van der Waals surface area contributed by atoms with Gasteiger partial charge in [0.25, 0.3) is 0 Å². The van der Waals surface area contributed by atoms with E-state index in [9.17, 15) is 19.2 Å². The molecular formula is C85H97CoN7O4. The molecule has 505 valence electrons. The Balaban J connectivity index is 0.00000897. The number of hydrogen-bond donors (Lipinski definition) is 3. The van der Waals surface area contributed by atoms with Gasteiger partial charge in [0, 0.05) is 46.9 Å². The van der Waals surface area contributed by atoms with Crippen LogP contribution in [0.1, 0.15) is 215 Å². The number of amides is 3. The summed E-state index contributed by atoms with van der Waals surface area (Å²) in [6.07, 6.45) is 11.5. The van der Waals surface area contributed by atoms with E-state index in [-0.39, 0.29) is 114 Å². The zero-order valence-electron chi connectivity index (χ0n) is 60.6. The number of carbonyl (C=O) groups is 4. The third-order valence-corrected chi connectivity index (χ3v) is 21.8. The number of ketones is 1. The van der Waals surface area contributed by atoms with Crippen LogP contribution in [0.15, 0.2) is 97.1 Å². The van der Waals surface area contributed by atoms with Crippen LogP contribution in [0, 0.1) is 45.3 Å². The molecule has 12 heteroatoms. The number of nitrogens with one attached hydrogen (secondary N) is 3. The Morgan fingerprint density at radius 1 is 0.392 bits per heavy atom. The minimum atomic E-state index is -0.250. The number of anilines is 3. The van der Waals surface area contributed by atoms with Gasteiger partial charge in [0.15, 0.2) is 0 Å². The number of hydrogen-bond acceptors (Lipinski definition) is 6. The molecule has 0 spiro atoms. The molecule has 5 heterocycles. The number of rotatable bonds is 13. The van der Waals surface area contributed by atoms with Gasteiger partial charge in [0.2, 0.25) is 17.7 Å². The molecule has 0 unspecified atom stereocenters. The van der Waals surface area contributed by atoms with Crippen molar-refractivity contribution in [3.05, 3.63) is 148 Å². The molecule has 3 N–H and O–H groups in total. The van der Waals surface area contributed by atoms with E-state index in [0.717, 1.165) is 75.8 Å². The SMILES string of the molecule is CC(C)(C)c1cc(-c2c3nc(c(-c4c(NC(=O)[C@H]5CC5(C)C)cccc4NC(=O)[C@H]4CC4(C)C)c4ccc([n-]4)c(-c4cc(C(C)(C)C)cc(C(C)(C)C)c4)c4nc(c(-c5c(CC(=O)[C@H]6CC6(C)C)cccc5NC(=O)[C@H]5CC5(C)C)c5ccc2[n-]5)C=C4)C=C3)cc(C(C)(C)C)c1.[Co+2]. The first kappa shape index (κ1) is 69.0. The van der Waals surface area contributed by atoms with Gasteiger partial charge in [-0.2, -0.15) is 0 Å². The fraction of sp³-hybridized carbons (Fsp3) is 0.435. The van der Waals surface area contributed by atoms with Crippen LogP contribution in [0.4, 0.5) is 17.1 Å². The molecule has 4 aliphatic carbocycles. The molecule has 8 bridgehead atoms. The van der Waals surface area contributed by atoms with Crippen molar-refractivity contribution in [2.24, 2.45) is 45.3 Å². The van der Waals surface area contributed by atoms with Crippen LogP contribution in [-0.4, -0.2) is 33.5 Å². The zero-order valence-corrected chi connectivity index (χ0v) is 61.7. The van der Waals surface area contributed by atoms with Gasteiger partial charge in [-0.3, -0.25) is 19.2 Å². The predicted molar refractivity (Wildman–Crippen MR) is 395 cm³/mol. The normalized spacial score (nSPS) is 20.0. The van der Waals surface area contributed by atoms with E-state index in [1.165, 1.54) is 0 Å². The maximum Gasteiger partial charge on any atom is 2.00 e. The molecule has 7 aromatic rings. The summed E-state index contributed by atoms with van der Waals surface area (Å²) in [5, 5.41) is 10.2. The van der Waals surface area contributed by atoms with E-state index >= 15 is 0 Å². The van der Waals surface area contributed by atoms with Crippen molar-refractivity contribution in [2.75, 3.05) is 16.0 Å². The molecule has 3 amide bonds. The third kappa shape index (κ3) is 13.5. The minimum absolute atomic E-state index is 0. The van der Waals surface area contributed by atoms with E-state index in [1.807, 2.05) is 48.5 Å². The van der Waals surface area contributed by atoms with Crippen molar-refractivity contribution in [2.45, 2.75) is 192 Å². The second kappa shape index (κ2) is 23.6. The first-order valence-corrected chi connectivity index (χ1v) is 34.8. The summed E-state index contributed by atoms with van der Waals surface area (Å²) >= 11 is 0. The number of aromatic nitrogens is 4. The Bertz CT molecular complexity index is 4240. The number of benzene rings is 4. The van der Waals surface area contributed by atoms with Crippen molar-refractivity contribution in [3.63, 3.8) is 0 Å². The summed E-state index contributed by atoms with van der Waals surface area (Å²) in [6.45, 7) is 44.0. The van der Waals surface area contributed by atoms with E-state index in [4.69, 9.17) is 19.9 Å². The van der Waals surface area contributed by atoms with Gasteiger partial charge in [0.05, 0.1) is 34.2 Å². The molecule has 0 saturated heterocycles. The van der Waals surface area contributed by atoms with Crippen molar-refractivity contribution < 1.29 is 36.0 Å². The van der Waals surface area contributed by atoms with E-state index < -0.39 is 0 Å². The van der Waals surface area contributed by atoms with E-state index in [0.29, 0.717) is 84.2 Å². The van der Waals surface area contributed by atoms with Crippen LogP contribution < -0.4 is 25.9 Å². The van der Waals surface area contributed by atoms with Gasteiger partial charge >= 0.3 is 16.8 Å². The van der Waals surface area contributed by atoms with Crippen molar-refractivity contribution in [1.82, 2.24) is 19.9 Å². The topological polar surface area (TPSA) is 158 Å². The average molecular weight is 1340 g/mol. The standard InChI is InChI=1S/C85H99N7O4.Co/c1-78(2,3)49-35-47(36-50(40-49)79(4,5)6)69-60-27-31-64(86-60)72(71-46(39-68(93)53-42-82(53,13)14)23-21-24-57(71)90-75(94)54-43-83(54,15)16)65-32-28-61(87-65)70(48-37-51(80(7,8)9)41-52(38-48)81(10,11)12)63-30-34-67(89-63)74(66-33-29-62(69)88-66)73-58(91-76(95)55-44-84(55,17)18)25-22-26-59(73)92-77(96)56-45-85(56,19)20;/h21-38,40-41,53-56H,39,42-45H2,1-20H3,(H5,86,87,88,89,90,91,92,94,95,96);/q;+2/p-2/t53-,54-,55-,56-;/m1./s1. The van der Waals surface area contributed by atoms with Crippen molar-refractivity contribution in [3.8, 4) is 44.5 Å². The molecule has 4 aromatic carbocycles. The molecule has 1 radical (unpaired) electrons. The minimum Gasteiger partial charge on any atom is -0.657 e. The van der Waals surface area contributed by atoms with Gasteiger partial charge in [0.1, 0.15) is 5.78 Å². The quantitative estimate of drug-likeness (QED) is 0.103. The van der Waals surface area contributed by atoms with E-state index in [2.05, 4.69) is 227 Å². The molecule has 13 rings (SSSR count). The van der Waals surface area contributed by atoms with Crippen LogP contribution in [0.3, 0.4) is 0 Å². The van der Waals surface area contributed by atoms with Gasteiger partial charge in [-0.15, -0.1) is 22.1 Å².